The molecule has 3 rings (SSSR count). The molecule has 2 aromatic rings. The molecule has 0 aliphatic carbocycles. The quantitative estimate of drug-likeness (QED) is 0.718. The molecule has 4 nitrogen and oxygen atoms in total. The van der Waals surface area contributed by atoms with E-state index >= 15 is 0 Å². The summed E-state index contributed by atoms with van der Waals surface area (Å²) in [6.45, 7) is 0. The van der Waals surface area contributed by atoms with Crippen molar-refractivity contribution in [2.75, 3.05) is 17.8 Å². The van der Waals surface area contributed by atoms with E-state index < -0.39 is 11.7 Å². The highest BCUT2D eigenvalue weighted by molar-refractivity contribution is 8.00. The summed E-state index contributed by atoms with van der Waals surface area (Å²) < 4.78 is 46.4. The van der Waals surface area contributed by atoms with Crippen LogP contribution >= 0.6 is 23.4 Å². The Morgan fingerprint density at radius 3 is 2.65 bits per heavy atom. The topological polar surface area (TPSA) is 38.8 Å². The van der Waals surface area contributed by atoms with Gasteiger partial charge in [0.15, 0.2) is 0 Å². The monoisotopic (exact) mass is 403 g/mol. The molecule has 0 N–H and O–H groups in total. The summed E-state index contributed by atoms with van der Waals surface area (Å²) in [5.74, 6) is 0.177. The number of hydrogen-bond donors (Lipinski definition) is 0. The summed E-state index contributed by atoms with van der Waals surface area (Å²) in [6.07, 6.45) is -4.78. The molecule has 1 aliphatic rings. The van der Waals surface area contributed by atoms with E-state index in [1.54, 1.807) is 24.3 Å². The molecule has 1 atom stereocenters. The fourth-order valence-electron chi connectivity index (χ4n) is 2.62. The van der Waals surface area contributed by atoms with Gasteiger partial charge < -0.3 is 9.47 Å². The van der Waals surface area contributed by atoms with Crippen molar-refractivity contribution in [1.29, 1.82) is 0 Å². The zero-order valence-corrected chi connectivity index (χ0v) is 15.0. The standard InChI is InChI=1S/C17H13ClF3NO3S/c1-24-14-6-5-11(8-13(14)18)22-15(23)9-26-16(22)10-3-2-4-12(7-10)25-17(19,20)21/h2-8,16H,9H2,1H3. The van der Waals surface area contributed by atoms with Gasteiger partial charge in [-0.15, -0.1) is 24.9 Å². The fourth-order valence-corrected chi connectivity index (χ4v) is 4.04. The van der Waals surface area contributed by atoms with Crippen molar-refractivity contribution in [3.05, 3.63) is 53.1 Å². The van der Waals surface area contributed by atoms with E-state index in [2.05, 4.69) is 4.74 Å². The van der Waals surface area contributed by atoms with Crippen molar-refractivity contribution in [1.82, 2.24) is 0 Å². The molecule has 0 radical (unpaired) electrons. The number of anilines is 1. The van der Waals surface area contributed by atoms with E-state index in [4.69, 9.17) is 16.3 Å². The number of methoxy groups -OCH3 is 1. The van der Waals surface area contributed by atoms with Crippen molar-refractivity contribution >= 4 is 35.0 Å². The predicted molar refractivity (Wildman–Crippen MR) is 93.8 cm³/mol. The van der Waals surface area contributed by atoms with Crippen LogP contribution in [0.4, 0.5) is 18.9 Å². The maximum absolute atomic E-state index is 12.5. The van der Waals surface area contributed by atoms with E-state index in [-0.39, 0.29) is 17.4 Å². The van der Waals surface area contributed by atoms with Gasteiger partial charge in [0.2, 0.25) is 5.91 Å². The van der Waals surface area contributed by atoms with Gasteiger partial charge in [0, 0.05) is 5.69 Å². The molecule has 138 valence electrons. The Morgan fingerprint density at radius 2 is 2.00 bits per heavy atom. The molecule has 26 heavy (non-hydrogen) atoms. The summed E-state index contributed by atoms with van der Waals surface area (Å²) in [5, 5.41) is -0.147. The Labute approximate surface area is 156 Å². The lowest BCUT2D eigenvalue weighted by Crippen LogP contribution is -2.27. The first-order valence-corrected chi connectivity index (χ1v) is 8.84. The second-order valence-electron chi connectivity index (χ2n) is 5.37. The first kappa shape index (κ1) is 18.7. The van der Waals surface area contributed by atoms with Crippen LogP contribution in [0.5, 0.6) is 11.5 Å². The molecule has 1 aliphatic heterocycles. The van der Waals surface area contributed by atoms with Crippen molar-refractivity contribution in [3.63, 3.8) is 0 Å². The molecule has 1 unspecified atom stereocenters. The van der Waals surface area contributed by atoms with Crippen LogP contribution in [-0.2, 0) is 4.79 Å². The molecular weight excluding hydrogens is 391 g/mol. The SMILES string of the molecule is COc1ccc(N2C(=O)CSC2c2cccc(OC(F)(F)F)c2)cc1Cl. The van der Waals surface area contributed by atoms with E-state index in [0.717, 1.165) is 0 Å². The van der Waals surface area contributed by atoms with Crippen LogP contribution in [0, 0.1) is 0 Å². The van der Waals surface area contributed by atoms with Crippen LogP contribution < -0.4 is 14.4 Å². The van der Waals surface area contributed by atoms with Gasteiger partial charge in [-0.2, -0.15) is 0 Å². The molecule has 0 bridgehead atoms. The normalized spacial score (nSPS) is 17.5. The highest BCUT2D eigenvalue weighted by atomic mass is 35.5. The summed E-state index contributed by atoms with van der Waals surface area (Å²) in [7, 11) is 1.48. The van der Waals surface area contributed by atoms with Gasteiger partial charge in [-0.25, -0.2) is 0 Å². The number of thioether (sulfide) groups is 1. The summed E-state index contributed by atoms with van der Waals surface area (Å²) in [4.78, 5) is 13.9. The van der Waals surface area contributed by atoms with Gasteiger partial charge in [0.05, 0.1) is 17.9 Å². The van der Waals surface area contributed by atoms with Crippen LogP contribution in [0.1, 0.15) is 10.9 Å². The molecular formula is C17H13ClF3NO3S. The number of halogens is 4. The largest absolute Gasteiger partial charge is 0.573 e. The van der Waals surface area contributed by atoms with Crippen molar-refractivity contribution in [2.45, 2.75) is 11.7 Å². The highest BCUT2D eigenvalue weighted by Crippen LogP contribution is 2.44. The maximum atomic E-state index is 12.5. The summed E-state index contributed by atoms with van der Waals surface area (Å²) in [6, 6.07) is 10.5. The molecule has 1 amide bonds. The van der Waals surface area contributed by atoms with E-state index in [0.29, 0.717) is 22.0 Å². The minimum absolute atomic E-state index is 0.164. The lowest BCUT2D eigenvalue weighted by molar-refractivity contribution is -0.274. The third kappa shape index (κ3) is 4.02. The number of carbonyl (C=O) groups is 1. The van der Waals surface area contributed by atoms with Crippen molar-refractivity contribution in [3.8, 4) is 11.5 Å². The van der Waals surface area contributed by atoms with Gasteiger partial charge in [0.25, 0.3) is 0 Å². The van der Waals surface area contributed by atoms with Crippen LogP contribution in [0.25, 0.3) is 0 Å². The van der Waals surface area contributed by atoms with Gasteiger partial charge in [-0.3, -0.25) is 9.69 Å². The smallest absolute Gasteiger partial charge is 0.495 e. The first-order chi connectivity index (χ1) is 12.3. The van der Waals surface area contributed by atoms with E-state index in [1.165, 1.54) is 42.0 Å². The highest BCUT2D eigenvalue weighted by Gasteiger charge is 2.35. The lowest BCUT2D eigenvalue weighted by atomic mass is 10.1. The van der Waals surface area contributed by atoms with E-state index in [9.17, 15) is 18.0 Å². The molecule has 1 heterocycles. The van der Waals surface area contributed by atoms with Gasteiger partial charge in [0.1, 0.15) is 16.9 Å². The summed E-state index contributed by atoms with van der Waals surface area (Å²) >= 11 is 7.45. The summed E-state index contributed by atoms with van der Waals surface area (Å²) in [5.41, 5.74) is 1.06. The fraction of sp³-hybridized carbons (Fsp3) is 0.235. The number of hydrogen-bond acceptors (Lipinski definition) is 4. The maximum Gasteiger partial charge on any atom is 0.573 e. The third-order valence-corrected chi connectivity index (χ3v) is 5.17. The number of benzene rings is 2. The number of ether oxygens (including phenoxy) is 2. The van der Waals surface area contributed by atoms with Gasteiger partial charge >= 0.3 is 6.36 Å². The molecule has 0 spiro atoms. The molecule has 1 fully saturated rings. The van der Waals surface area contributed by atoms with Crippen molar-refractivity contribution < 1.29 is 27.4 Å². The van der Waals surface area contributed by atoms with Crippen LogP contribution in [0.3, 0.4) is 0 Å². The lowest BCUT2D eigenvalue weighted by Gasteiger charge is -2.25. The zero-order valence-electron chi connectivity index (χ0n) is 13.4. The molecule has 0 aromatic heterocycles. The van der Waals surface area contributed by atoms with Crippen LogP contribution in [0.15, 0.2) is 42.5 Å². The Balaban J connectivity index is 1.93. The molecule has 9 heteroatoms. The van der Waals surface area contributed by atoms with Gasteiger partial charge in [-0.1, -0.05) is 23.7 Å². The zero-order chi connectivity index (χ0) is 18.9. The number of carbonyl (C=O) groups excluding carboxylic acids is 1. The average molecular weight is 404 g/mol. The third-order valence-electron chi connectivity index (χ3n) is 3.66. The van der Waals surface area contributed by atoms with Crippen molar-refractivity contribution in [2.24, 2.45) is 0 Å². The second-order valence-corrected chi connectivity index (χ2v) is 6.84. The number of nitrogens with zero attached hydrogens (tertiary/aromatic N) is 1. The number of alkyl halides is 3. The number of rotatable bonds is 4. The van der Waals surface area contributed by atoms with Gasteiger partial charge in [-0.05, 0) is 35.9 Å². The van der Waals surface area contributed by atoms with Crippen LogP contribution in [-0.4, -0.2) is 25.1 Å². The Kier molecular flexibility index (Phi) is 5.24. The predicted octanol–water partition coefficient (Wildman–Crippen LogP) is 5.03. The van der Waals surface area contributed by atoms with Crippen LogP contribution in [0.2, 0.25) is 5.02 Å². The minimum Gasteiger partial charge on any atom is -0.495 e. The average Bonchev–Trinajstić information content (AvgIpc) is 2.95. The minimum atomic E-state index is -4.78. The molecule has 1 saturated heterocycles. The molecule has 2 aromatic carbocycles. The molecule has 0 saturated carbocycles. The van der Waals surface area contributed by atoms with E-state index in [1.807, 2.05) is 0 Å². The number of amides is 1. The Morgan fingerprint density at radius 1 is 1.23 bits per heavy atom. The first-order valence-electron chi connectivity index (χ1n) is 7.41. The Bertz CT molecular complexity index is 831. The Hall–Kier alpha value is -2.06. The second kappa shape index (κ2) is 7.28.